The molecule has 7 heteroatoms. The van der Waals surface area contributed by atoms with E-state index in [1.807, 2.05) is 19.9 Å². The van der Waals surface area contributed by atoms with E-state index in [4.69, 9.17) is 4.74 Å². The number of fused-ring (bicyclic) bond motifs is 1. The Morgan fingerprint density at radius 3 is 2.82 bits per heavy atom. The molecule has 3 aromatic rings. The van der Waals surface area contributed by atoms with Crippen LogP contribution in [0.25, 0.3) is 11.0 Å². The molecule has 3 heterocycles. The summed E-state index contributed by atoms with van der Waals surface area (Å²) in [4.78, 5) is 21.2. The molecule has 22 heavy (non-hydrogen) atoms. The van der Waals surface area contributed by atoms with Crippen molar-refractivity contribution in [1.82, 2.24) is 24.3 Å². The number of aromatic nitrogens is 5. The van der Waals surface area contributed by atoms with Gasteiger partial charge in [-0.3, -0.25) is 14.0 Å². The molecule has 0 saturated carbocycles. The van der Waals surface area contributed by atoms with E-state index >= 15 is 0 Å². The molecule has 0 fully saturated rings. The summed E-state index contributed by atoms with van der Waals surface area (Å²) in [5.41, 5.74) is 3.24. The van der Waals surface area contributed by atoms with E-state index in [9.17, 15) is 4.79 Å². The maximum atomic E-state index is 12.5. The van der Waals surface area contributed by atoms with Crippen molar-refractivity contribution in [2.75, 3.05) is 7.11 Å². The fourth-order valence-electron chi connectivity index (χ4n) is 2.54. The van der Waals surface area contributed by atoms with E-state index in [0.717, 1.165) is 16.8 Å². The van der Waals surface area contributed by atoms with E-state index in [-0.39, 0.29) is 5.56 Å². The third kappa shape index (κ3) is 2.24. The predicted molar refractivity (Wildman–Crippen MR) is 82.1 cm³/mol. The van der Waals surface area contributed by atoms with E-state index in [0.29, 0.717) is 23.5 Å². The molecule has 0 bridgehead atoms. The third-order valence-corrected chi connectivity index (χ3v) is 3.68. The average molecular weight is 299 g/mol. The molecule has 0 amide bonds. The van der Waals surface area contributed by atoms with E-state index < -0.39 is 0 Å². The van der Waals surface area contributed by atoms with Gasteiger partial charge >= 0.3 is 0 Å². The highest BCUT2D eigenvalue weighted by Gasteiger charge is 2.13. The molecule has 0 aliphatic rings. The molecule has 0 spiro atoms. The predicted octanol–water partition coefficient (Wildman–Crippen LogP) is 1.20. The minimum atomic E-state index is -0.125. The van der Waals surface area contributed by atoms with Crippen LogP contribution in [0, 0.1) is 13.8 Å². The van der Waals surface area contributed by atoms with Crippen molar-refractivity contribution in [3.63, 3.8) is 0 Å². The van der Waals surface area contributed by atoms with Gasteiger partial charge in [-0.2, -0.15) is 5.10 Å². The summed E-state index contributed by atoms with van der Waals surface area (Å²) in [6.45, 7) is 4.25. The normalized spacial score (nSPS) is 11.1. The van der Waals surface area contributed by atoms with Crippen LogP contribution in [0.2, 0.25) is 0 Å². The van der Waals surface area contributed by atoms with Crippen LogP contribution in [0.4, 0.5) is 0 Å². The highest BCUT2D eigenvalue weighted by molar-refractivity contribution is 5.72. The Kier molecular flexibility index (Phi) is 3.40. The lowest BCUT2D eigenvalue weighted by molar-refractivity contribution is 0.389. The van der Waals surface area contributed by atoms with Crippen LogP contribution < -0.4 is 10.3 Å². The number of ether oxygens (including phenoxy) is 1. The summed E-state index contributed by atoms with van der Waals surface area (Å²) >= 11 is 0. The molecular formula is C15H17N5O2. The first-order valence-electron chi connectivity index (χ1n) is 6.89. The van der Waals surface area contributed by atoms with Crippen molar-refractivity contribution in [3.05, 3.63) is 45.8 Å². The van der Waals surface area contributed by atoms with E-state index in [2.05, 4.69) is 15.1 Å². The summed E-state index contributed by atoms with van der Waals surface area (Å²) in [5.74, 6) is 0.538. The first-order chi connectivity index (χ1) is 10.5. The molecule has 3 aromatic heterocycles. The van der Waals surface area contributed by atoms with Gasteiger partial charge in [-0.25, -0.2) is 9.97 Å². The molecule has 0 saturated heterocycles. The number of rotatable bonds is 3. The van der Waals surface area contributed by atoms with Gasteiger partial charge in [0.1, 0.15) is 11.7 Å². The highest BCUT2D eigenvalue weighted by atomic mass is 16.5. The number of aryl methyl sites for hydroxylation is 3. The quantitative estimate of drug-likeness (QED) is 0.726. The molecule has 0 atom stereocenters. The summed E-state index contributed by atoms with van der Waals surface area (Å²) in [6.07, 6.45) is 3.07. The van der Waals surface area contributed by atoms with Crippen molar-refractivity contribution >= 4 is 11.0 Å². The summed E-state index contributed by atoms with van der Waals surface area (Å²) in [7, 11) is 3.34. The fourth-order valence-corrected chi connectivity index (χ4v) is 2.54. The first-order valence-corrected chi connectivity index (χ1v) is 6.89. The third-order valence-electron chi connectivity index (χ3n) is 3.68. The summed E-state index contributed by atoms with van der Waals surface area (Å²) in [6, 6.07) is 1.97. The van der Waals surface area contributed by atoms with Gasteiger partial charge < -0.3 is 4.74 Å². The molecule has 3 rings (SSSR count). The van der Waals surface area contributed by atoms with Crippen molar-refractivity contribution in [3.8, 4) is 5.88 Å². The lowest BCUT2D eigenvalue weighted by Crippen LogP contribution is -2.22. The number of nitrogens with zero attached hydrogens (tertiary/aromatic N) is 5. The van der Waals surface area contributed by atoms with Crippen LogP contribution in [-0.4, -0.2) is 31.4 Å². The first kappa shape index (κ1) is 14.2. The maximum Gasteiger partial charge on any atom is 0.264 e. The Bertz CT molecular complexity index is 910. The van der Waals surface area contributed by atoms with Gasteiger partial charge in [0, 0.05) is 18.3 Å². The van der Waals surface area contributed by atoms with Crippen LogP contribution in [0.1, 0.15) is 16.8 Å². The number of methoxy groups -OCH3 is 1. The Hall–Kier alpha value is -2.70. The van der Waals surface area contributed by atoms with Crippen LogP contribution in [0.5, 0.6) is 5.88 Å². The highest BCUT2D eigenvalue weighted by Crippen LogP contribution is 2.21. The average Bonchev–Trinajstić information content (AvgIpc) is 2.86. The number of hydrogen-bond acceptors (Lipinski definition) is 5. The Morgan fingerprint density at radius 1 is 1.32 bits per heavy atom. The van der Waals surface area contributed by atoms with E-state index in [1.165, 1.54) is 6.33 Å². The minimum Gasteiger partial charge on any atom is -0.481 e. The van der Waals surface area contributed by atoms with Gasteiger partial charge in [0.05, 0.1) is 19.9 Å². The second-order valence-corrected chi connectivity index (χ2v) is 5.25. The summed E-state index contributed by atoms with van der Waals surface area (Å²) in [5, 5.41) is 4.57. The monoisotopic (exact) mass is 299 g/mol. The van der Waals surface area contributed by atoms with Crippen molar-refractivity contribution < 1.29 is 4.74 Å². The molecule has 7 nitrogen and oxygen atoms in total. The summed E-state index contributed by atoms with van der Waals surface area (Å²) < 4.78 is 8.48. The second-order valence-electron chi connectivity index (χ2n) is 5.25. The van der Waals surface area contributed by atoms with Crippen LogP contribution >= 0.6 is 0 Å². The van der Waals surface area contributed by atoms with Crippen molar-refractivity contribution in [1.29, 1.82) is 0 Å². The molecule has 0 aromatic carbocycles. The molecule has 114 valence electrons. The van der Waals surface area contributed by atoms with Crippen molar-refractivity contribution in [2.45, 2.75) is 20.4 Å². The number of hydrogen-bond donors (Lipinski definition) is 0. The lowest BCUT2D eigenvalue weighted by atomic mass is 10.1. The van der Waals surface area contributed by atoms with Gasteiger partial charge in [0.25, 0.3) is 5.56 Å². The smallest absolute Gasteiger partial charge is 0.264 e. The zero-order valence-electron chi connectivity index (χ0n) is 13.0. The zero-order chi connectivity index (χ0) is 15.9. The van der Waals surface area contributed by atoms with Crippen LogP contribution in [-0.2, 0) is 13.6 Å². The minimum absolute atomic E-state index is 0.125. The SMILES string of the molecule is COc1nc(C)cc(C)c1Cn1cnc2c(cnn2C)c1=O. The van der Waals surface area contributed by atoms with Gasteiger partial charge in [0.15, 0.2) is 5.65 Å². The molecule has 0 N–H and O–H groups in total. The standard InChI is InChI=1S/C15H17N5O2/c1-9-5-10(2)18-14(22-4)12(9)7-20-8-16-13-11(15(20)21)6-17-19(13)3/h5-6,8H,7H2,1-4H3. The molecular weight excluding hydrogens is 282 g/mol. The van der Waals surface area contributed by atoms with E-state index in [1.54, 1.807) is 29.6 Å². The van der Waals surface area contributed by atoms with Gasteiger partial charge in [-0.15, -0.1) is 0 Å². The van der Waals surface area contributed by atoms with Gasteiger partial charge in [-0.05, 0) is 25.5 Å². The van der Waals surface area contributed by atoms with Gasteiger partial charge in [-0.1, -0.05) is 0 Å². The van der Waals surface area contributed by atoms with Crippen LogP contribution in [0.3, 0.4) is 0 Å². The molecule has 0 unspecified atom stereocenters. The Morgan fingerprint density at radius 2 is 2.09 bits per heavy atom. The number of pyridine rings is 1. The topological polar surface area (TPSA) is 74.8 Å². The molecule has 0 aliphatic heterocycles. The van der Waals surface area contributed by atoms with Crippen molar-refractivity contribution in [2.24, 2.45) is 7.05 Å². The zero-order valence-corrected chi connectivity index (χ0v) is 13.0. The Labute approximate surface area is 127 Å². The van der Waals surface area contributed by atoms with Gasteiger partial charge in [0.2, 0.25) is 5.88 Å². The maximum absolute atomic E-state index is 12.5. The lowest BCUT2D eigenvalue weighted by Gasteiger charge is -2.13. The molecule has 0 radical (unpaired) electrons. The fraction of sp³-hybridized carbons (Fsp3) is 0.333. The molecule has 0 aliphatic carbocycles. The Balaban J connectivity index is 2.11. The van der Waals surface area contributed by atoms with Crippen LogP contribution in [0.15, 0.2) is 23.4 Å². The largest absolute Gasteiger partial charge is 0.481 e. The second kappa shape index (κ2) is 5.25.